The molecule has 0 aliphatic heterocycles. The molecule has 3 aromatic heterocycles. The molecule has 1 amide bonds. The van der Waals surface area contributed by atoms with Gasteiger partial charge in [0.1, 0.15) is 35.5 Å². The zero-order valence-corrected chi connectivity index (χ0v) is 19.2. The highest BCUT2D eigenvalue weighted by molar-refractivity contribution is 6.04. The Morgan fingerprint density at radius 2 is 2.03 bits per heavy atom. The summed E-state index contributed by atoms with van der Waals surface area (Å²) in [5.41, 5.74) is -1.25. The Morgan fingerprint density at radius 1 is 1.28 bits per heavy atom. The van der Waals surface area contributed by atoms with Gasteiger partial charge < -0.3 is 14.9 Å². The Hall–Kier alpha value is -4.86. The number of aryl methyl sites for hydroxylation is 1. The van der Waals surface area contributed by atoms with Gasteiger partial charge in [-0.3, -0.25) is 18.8 Å². The fraction of sp³-hybridized carbons (Fsp3) is 0.217. The molecule has 11 nitrogen and oxygen atoms in total. The van der Waals surface area contributed by atoms with Crippen LogP contribution in [-0.4, -0.2) is 35.5 Å². The minimum absolute atomic E-state index is 0.0327. The fourth-order valence-corrected chi connectivity index (χ4v) is 4.06. The quantitative estimate of drug-likeness (QED) is 0.414. The molecular formula is C23H19F2N7O4. The van der Waals surface area contributed by atoms with Crippen LogP contribution in [0.2, 0.25) is 0 Å². The highest BCUT2D eigenvalue weighted by atomic mass is 19.1. The first kappa shape index (κ1) is 24.3. The first-order chi connectivity index (χ1) is 17.1. The lowest BCUT2D eigenvalue weighted by Crippen LogP contribution is -2.29. The summed E-state index contributed by atoms with van der Waals surface area (Å²) >= 11 is 0. The predicted octanol–water partition coefficient (Wildman–Crippen LogP) is 2.55. The van der Waals surface area contributed by atoms with Crippen molar-refractivity contribution in [3.63, 3.8) is 0 Å². The molecule has 36 heavy (non-hydrogen) atoms. The summed E-state index contributed by atoms with van der Waals surface area (Å²) in [6, 6.07) is 4.84. The van der Waals surface area contributed by atoms with Crippen molar-refractivity contribution in [2.75, 3.05) is 5.32 Å². The second-order valence-corrected chi connectivity index (χ2v) is 8.05. The fourth-order valence-electron chi connectivity index (χ4n) is 4.06. The number of carbonyl (C=O) groups is 1. The molecule has 0 unspecified atom stereocenters. The lowest BCUT2D eigenvalue weighted by atomic mass is 9.80. The van der Waals surface area contributed by atoms with Gasteiger partial charge in [-0.2, -0.15) is 10.4 Å². The van der Waals surface area contributed by atoms with Gasteiger partial charge in [-0.15, -0.1) is 0 Å². The van der Waals surface area contributed by atoms with E-state index in [1.165, 1.54) is 24.1 Å². The molecule has 0 fully saturated rings. The van der Waals surface area contributed by atoms with Crippen molar-refractivity contribution in [2.45, 2.75) is 18.8 Å². The molecule has 0 saturated carbocycles. The molecular weight excluding hydrogens is 476 g/mol. The van der Waals surface area contributed by atoms with E-state index in [1.807, 2.05) is 6.07 Å². The third-order valence-electron chi connectivity index (χ3n) is 5.71. The van der Waals surface area contributed by atoms with Crippen molar-refractivity contribution in [3.05, 3.63) is 87.2 Å². The molecule has 184 valence electrons. The van der Waals surface area contributed by atoms with E-state index in [1.54, 1.807) is 14.0 Å². The summed E-state index contributed by atoms with van der Waals surface area (Å²) in [6.45, 7) is 1.57. The van der Waals surface area contributed by atoms with Gasteiger partial charge in [-0.05, 0) is 23.8 Å². The molecule has 3 heterocycles. The van der Waals surface area contributed by atoms with E-state index >= 15 is 4.39 Å². The zero-order valence-electron chi connectivity index (χ0n) is 19.2. The molecule has 0 aliphatic rings. The Kier molecular flexibility index (Phi) is 6.35. The Bertz CT molecular complexity index is 1550. The van der Waals surface area contributed by atoms with E-state index in [0.717, 1.165) is 29.0 Å². The van der Waals surface area contributed by atoms with Crippen LogP contribution in [0.5, 0.6) is 5.75 Å². The van der Waals surface area contributed by atoms with Crippen molar-refractivity contribution in [1.82, 2.24) is 24.5 Å². The zero-order chi connectivity index (χ0) is 26.1. The number of hydrogen-bond acceptors (Lipinski definition) is 8. The monoisotopic (exact) mass is 495 g/mol. The van der Waals surface area contributed by atoms with E-state index < -0.39 is 46.4 Å². The standard InChI is InChI=1S/C23H19F2N7O4/c1-11(18(14-6-12(24)4-5-16(14)25)15-9-31(2)30-17(15)7-26)21-29-19(20(33)23(35)32(21)3)22(34)28-13-8-27-36-10-13/h4-6,8-11,18,33H,1-3H3,(H,28,34)/t11-,18+/m1/s1. The minimum atomic E-state index is -1.04. The smallest absolute Gasteiger partial charge is 0.296 e. The number of benzene rings is 1. The summed E-state index contributed by atoms with van der Waals surface area (Å²) in [4.78, 5) is 29.8. The van der Waals surface area contributed by atoms with Crippen LogP contribution in [0.4, 0.5) is 14.5 Å². The third-order valence-corrected chi connectivity index (χ3v) is 5.71. The molecule has 4 rings (SSSR count). The maximum Gasteiger partial charge on any atom is 0.296 e. The van der Waals surface area contributed by atoms with Crippen LogP contribution in [0.15, 0.2) is 46.2 Å². The lowest BCUT2D eigenvalue weighted by Gasteiger charge is -2.26. The van der Waals surface area contributed by atoms with Crippen LogP contribution in [0.25, 0.3) is 0 Å². The Morgan fingerprint density at radius 3 is 2.69 bits per heavy atom. The van der Waals surface area contributed by atoms with Crippen molar-refractivity contribution in [1.29, 1.82) is 5.26 Å². The van der Waals surface area contributed by atoms with Crippen molar-refractivity contribution in [2.24, 2.45) is 14.1 Å². The van der Waals surface area contributed by atoms with E-state index in [0.29, 0.717) is 0 Å². The second-order valence-electron chi connectivity index (χ2n) is 8.05. The molecule has 0 saturated heterocycles. The number of amides is 1. The summed E-state index contributed by atoms with van der Waals surface area (Å²) in [5.74, 6) is -5.28. The number of nitrogens with zero attached hydrogens (tertiary/aromatic N) is 6. The molecule has 0 aliphatic carbocycles. The third kappa shape index (κ3) is 4.31. The van der Waals surface area contributed by atoms with Crippen LogP contribution in [0.1, 0.15) is 51.9 Å². The van der Waals surface area contributed by atoms with Gasteiger partial charge in [0.25, 0.3) is 11.5 Å². The number of rotatable bonds is 6. The van der Waals surface area contributed by atoms with Crippen molar-refractivity contribution >= 4 is 11.6 Å². The molecule has 2 atom stereocenters. The molecule has 1 aromatic carbocycles. The van der Waals surface area contributed by atoms with Gasteiger partial charge in [-0.25, -0.2) is 13.8 Å². The SMILES string of the molecule is C[C@@H](c1nc(C(=O)Nc2cnoc2)c(O)c(=O)n1C)[C@@H](c1cc(F)ccc1F)c1cn(C)nc1C#N. The van der Waals surface area contributed by atoms with Crippen LogP contribution >= 0.6 is 0 Å². The number of aromatic nitrogens is 5. The average Bonchev–Trinajstić information content (AvgIpc) is 3.49. The number of nitrogens with one attached hydrogen (secondary N) is 1. The Labute approximate surface area is 202 Å². The van der Waals surface area contributed by atoms with E-state index in [4.69, 9.17) is 0 Å². The van der Waals surface area contributed by atoms with Crippen molar-refractivity contribution in [3.8, 4) is 11.8 Å². The first-order valence-electron chi connectivity index (χ1n) is 10.5. The maximum atomic E-state index is 15.0. The van der Waals surface area contributed by atoms with Crippen molar-refractivity contribution < 1.29 is 23.2 Å². The number of carbonyl (C=O) groups excluding carboxylic acids is 1. The largest absolute Gasteiger partial charge is 0.501 e. The molecule has 2 N–H and O–H groups in total. The average molecular weight is 495 g/mol. The molecule has 0 spiro atoms. The normalized spacial score (nSPS) is 12.7. The predicted molar refractivity (Wildman–Crippen MR) is 120 cm³/mol. The van der Waals surface area contributed by atoms with Gasteiger partial charge in [0.05, 0.1) is 6.20 Å². The highest BCUT2D eigenvalue weighted by Gasteiger charge is 2.33. The molecule has 13 heteroatoms. The van der Waals surface area contributed by atoms with Gasteiger partial charge in [0.15, 0.2) is 11.4 Å². The lowest BCUT2D eigenvalue weighted by molar-refractivity contribution is 0.101. The summed E-state index contributed by atoms with van der Waals surface area (Å²) in [5, 5.41) is 29.9. The van der Waals surface area contributed by atoms with Crippen LogP contribution < -0.4 is 10.9 Å². The van der Waals surface area contributed by atoms with Gasteiger partial charge in [0.2, 0.25) is 5.75 Å². The number of hydrogen-bond donors (Lipinski definition) is 2. The number of anilines is 1. The van der Waals surface area contributed by atoms with Crippen LogP contribution in [0, 0.1) is 23.0 Å². The van der Waals surface area contributed by atoms with E-state index in [-0.39, 0.29) is 28.3 Å². The first-order valence-corrected chi connectivity index (χ1v) is 10.5. The van der Waals surface area contributed by atoms with Crippen LogP contribution in [-0.2, 0) is 14.1 Å². The summed E-state index contributed by atoms with van der Waals surface area (Å²) in [6.07, 6.45) is 3.82. The molecule has 4 aromatic rings. The highest BCUT2D eigenvalue weighted by Crippen LogP contribution is 2.40. The maximum absolute atomic E-state index is 15.0. The second kappa shape index (κ2) is 9.41. The molecule has 0 bridgehead atoms. The topological polar surface area (TPSA) is 152 Å². The van der Waals surface area contributed by atoms with Gasteiger partial charge in [0, 0.05) is 37.7 Å². The van der Waals surface area contributed by atoms with Gasteiger partial charge in [-0.1, -0.05) is 12.1 Å². The van der Waals surface area contributed by atoms with Crippen LogP contribution in [0.3, 0.4) is 0 Å². The summed E-state index contributed by atoms with van der Waals surface area (Å²) < 4.78 is 36.2. The minimum Gasteiger partial charge on any atom is -0.501 e. The van der Waals surface area contributed by atoms with E-state index in [9.17, 15) is 24.3 Å². The molecule has 0 radical (unpaired) electrons. The number of nitriles is 1. The summed E-state index contributed by atoms with van der Waals surface area (Å²) in [7, 11) is 2.88. The van der Waals surface area contributed by atoms with E-state index in [2.05, 4.69) is 25.1 Å². The number of halogens is 2. The van der Waals surface area contributed by atoms with Gasteiger partial charge >= 0.3 is 0 Å². The Balaban J connectivity index is 1.90. The number of aromatic hydroxyl groups is 1.